The SMILES string of the molecule is CCC(=O)C1=C(OC)C(=O)N(Cc2ccc(OC)cc2)CC1.CCc1nn(C2CCCC2)c2c1CCN(Cc1ccc(OC)cc1)C2=O.NNC1CCCC1. The van der Waals surface area contributed by atoms with Crippen LogP contribution in [-0.4, -0.2) is 77.6 Å². The van der Waals surface area contributed by atoms with Gasteiger partial charge in [-0.25, -0.2) is 0 Å². The lowest BCUT2D eigenvalue weighted by atomic mass is 9.99. The van der Waals surface area contributed by atoms with Gasteiger partial charge in [0.05, 0.1) is 33.1 Å². The normalized spacial score (nSPS) is 17.3. The Balaban J connectivity index is 0.000000181. The molecule has 2 aliphatic heterocycles. The first kappa shape index (κ1) is 41.5. The van der Waals surface area contributed by atoms with Crippen LogP contribution in [-0.2, 0) is 40.3 Å². The highest BCUT2D eigenvalue weighted by molar-refractivity contribution is 6.05. The number of aromatic nitrogens is 2. The van der Waals surface area contributed by atoms with E-state index in [1.54, 1.807) is 26.0 Å². The van der Waals surface area contributed by atoms with Crippen molar-refractivity contribution in [3.8, 4) is 11.5 Å². The molecule has 3 aromatic rings. The fraction of sp³-hybridized carbons (Fsp3) is 0.535. The molecule has 3 N–H and O–H groups in total. The molecule has 7 rings (SSSR count). The van der Waals surface area contributed by atoms with Crippen LogP contribution in [0, 0.1) is 0 Å². The fourth-order valence-electron chi connectivity index (χ4n) is 7.92. The van der Waals surface area contributed by atoms with Crippen LogP contribution < -0.4 is 20.7 Å². The molecule has 0 saturated heterocycles. The summed E-state index contributed by atoms with van der Waals surface area (Å²) < 4.78 is 17.6. The zero-order valence-corrected chi connectivity index (χ0v) is 33.4. The first-order valence-electron chi connectivity index (χ1n) is 20.0. The van der Waals surface area contributed by atoms with Crippen molar-refractivity contribution in [2.24, 2.45) is 5.84 Å². The number of nitrogens with one attached hydrogen (secondary N) is 1. The van der Waals surface area contributed by atoms with E-state index in [4.69, 9.17) is 25.2 Å². The Bertz CT molecular complexity index is 1760. The lowest BCUT2D eigenvalue weighted by molar-refractivity contribution is -0.133. The van der Waals surface area contributed by atoms with E-state index in [0.717, 1.165) is 66.2 Å². The van der Waals surface area contributed by atoms with Crippen LogP contribution in [0.4, 0.5) is 0 Å². The topological polar surface area (TPSA) is 141 Å². The summed E-state index contributed by atoms with van der Waals surface area (Å²) in [6.07, 6.45) is 12.8. The number of hydrazine groups is 1. The smallest absolute Gasteiger partial charge is 0.289 e. The van der Waals surface area contributed by atoms with Crippen LogP contribution in [0.1, 0.15) is 117 Å². The number of rotatable bonds is 12. The average Bonchev–Trinajstić information content (AvgIpc) is 4.03. The summed E-state index contributed by atoms with van der Waals surface area (Å²) in [6, 6.07) is 16.6. The van der Waals surface area contributed by atoms with Gasteiger partial charge in [0, 0.05) is 49.8 Å². The van der Waals surface area contributed by atoms with E-state index in [1.807, 2.05) is 53.4 Å². The van der Waals surface area contributed by atoms with E-state index < -0.39 is 0 Å². The molecule has 0 atom stereocenters. The molecule has 298 valence electrons. The Kier molecular flexibility index (Phi) is 15.3. The Hall–Kier alpha value is -4.68. The van der Waals surface area contributed by atoms with Crippen molar-refractivity contribution in [3.05, 3.63) is 87.9 Å². The number of methoxy groups -OCH3 is 3. The van der Waals surface area contributed by atoms with Gasteiger partial charge in [-0.15, -0.1) is 0 Å². The highest BCUT2D eigenvalue weighted by atomic mass is 16.5. The summed E-state index contributed by atoms with van der Waals surface area (Å²) in [6.45, 7) is 6.34. The molecule has 4 aliphatic rings. The molecule has 1 aromatic heterocycles. The number of ketones is 1. The van der Waals surface area contributed by atoms with Crippen molar-refractivity contribution < 1.29 is 28.6 Å². The van der Waals surface area contributed by atoms with Gasteiger partial charge in [-0.1, -0.05) is 63.8 Å². The summed E-state index contributed by atoms with van der Waals surface area (Å²) in [7, 11) is 4.72. The van der Waals surface area contributed by atoms with Crippen LogP contribution in [0.25, 0.3) is 0 Å². The molecule has 0 unspecified atom stereocenters. The third kappa shape index (κ3) is 10.3. The number of nitrogens with two attached hydrogens (primary N) is 1. The lowest BCUT2D eigenvalue weighted by Gasteiger charge is -2.29. The Morgan fingerprint density at radius 2 is 1.29 bits per heavy atom. The van der Waals surface area contributed by atoms with Crippen LogP contribution in [0.2, 0.25) is 0 Å². The zero-order chi connectivity index (χ0) is 39.3. The predicted molar refractivity (Wildman–Crippen MR) is 212 cm³/mol. The van der Waals surface area contributed by atoms with Gasteiger partial charge in [-0.05, 0) is 80.3 Å². The highest BCUT2D eigenvalue weighted by Gasteiger charge is 2.34. The molecular formula is C43H60N6O6. The molecule has 12 nitrogen and oxygen atoms in total. The van der Waals surface area contributed by atoms with Gasteiger partial charge < -0.3 is 24.0 Å². The van der Waals surface area contributed by atoms with Crippen molar-refractivity contribution in [2.45, 2.75) is 116 Å². The third-order valence-electron chi connectivity index (χ3n) is 11.1. The first-order valence-corrected chi connectivity index (χ1v) is 20.0. The quantitative estimate of drug-likeness (QED) is 0.157. The monoisotopic (exact) mass is 756 g/mol. The zero-order valence-electron chi connectivity index (χ0n) is 33.4. The van der Waals surface area contributed by atoms with Crippen LogP contribution in [0.5, 0.6) is 11.5 Å². The van der Waals surface area contributed by atoms with E-state index in [0.29, 0.717) is 50.1 Å². The third-order valence-corrected chi connectivity index (χ3v) is 11.1. The molecule has 2 fully saturated rings. The first-order chi connectivity index (χ1) is 26.7. The minimum absolute atomic E-state index is 0.0192. The van der Waals surface area contributed by atoms with Gasteiger partial charge in [0.15, 0.2) is 11.5 Å². The van der Waals surface area contributed by atoms with E-state index in [-0.39, 0.29) is 23.4 Å². The molecule has 2 aromatic carbocycles. The lowest BCUT2D eigenvalue weighted by Crippen LogP contribution is -2.38. The Morgan fingerprint density at radius 1 is 0.764 bits per heavy atom. The van der Waals surface area contributed by atoms with E-state index >= 15 is 0 Å². The number of hydrogen-bond acceptors (Lipinski definition) is 9. The number of ether oxygens (including phenoxy) is 3. The molecule has 0 spiro atoms. The molecule has 0 bridgehead atoms. The number of amides is 2. The van der Waals surface area contributed by atoms with Crippen molar-refractivity contribution in [1.82, 2.24) is 25.0 Å². The number of benzene rings is 2. The van der Waals surface area contributed by atoms with Crippen molar-refractivity contribution in [2.75, 3.05) is 34.4 Å². The highest BCUT2D eigenvalue weighted by Crippen LogP contribution is 2.34. The predicted octanol–water partition coefficient (Wildman–Crippen LogP) is 6.47. The standard InChI is InChI=1S/C21H27N3O2.C17H21NO4.C5H12N2/c1-3-19-18-12-13-23(14-15-8-10-17(26-2)11-9-15)21(25)20(18)24(22-19)16-6-4-5-7-16;1-4-15(19)14-9-10-18(17(20)16(14)22-3)11-12-5-7-13(21-2)8-6-12;6-7-5-3-1-2-4-5/h8-11,16H,3-7,12-14H2,1-2H3;5-8H,4,9-11H2,1-3H3;5,7H,1-4,6H2. The molecule has 12 heteroatoms. The summed E-state index contributed by atoms with van der Waals surface area (Å²) >= 11 is 0. The van der Waals surface area contributed by atoms with Gasteiger partial charge in [-0.2, -0.15) is 5.10 Å². The molecule has 2 aliphatic carbocycles. The second kappa shape index (κ2) is 20.3. The number of hydrogen-bond donors (Lipinski definition) is 2. The minimum Gasteiger partial charge on any atom is -0.497 e. The van der Waals surface area contributed by atoms with Crippen molar-refractivity contribution in [3.63, 3.8) is 0 Å². The van der Waals surface area contributed by atoms with Gasteiger partial charge in [0.2, 0.25) is 0 Å². The summed E-state index contributed by atoms with van der Waals surface area (Å²) in [4.78, 5) is 41.3. The number of carbonyl (C=O) groups excluding carboxylic acids is 3. The Morgan fingerprint density at radius 3 is 1.76 bits per heavy atom. The maximum absolute atomic E-state index is 13.3. The van der Waals surface area contributed by atoms with E-state index in [1.165, 1.54) is 51.2 Å². The second-order valence-electron chi connectivity index (χ2n) is 14.6. The molecule has 2 saturated carbocycles. The van der Waals surface area contributed by atoms with Gasteiger partial charge in [-0.3, -0.25) is 30.3 Å². The van der Waals surface area contributed by atoms with E-state index in [2.05, 4.69) is 17.0 Å². The molecular weight excluding hydrogens is 697 g/mol. The van der Waals surface area contributed by atoms with Crippen molar-refractivity contribution in [1.29, 1.82) is 0 Å². The van der Waals surface area contributed by atoms with Gasteiger partial charge in [0.25, 0.3) is 11.8 Å². The van der Waals surface area contributed by atoms with Crippen molar-refractivity contribution >= 4 is 17.6 Å². The summed E-state index contributed by atoms with van der Waals surface area (Å²) in [5, 5.41) is 4.86. The van der Waals surface area contributed by atoms with Gasteiger partial charge in [0.1, 0.15) is 17.2 Å². The number of carbonyl (C=O) groups is 3. The molecule has 2 amide bonds. The molecule has 0 radical (unpaired) electrons. The van der Waals surface area contributed by atoms with Crippen LogP contribution >= 0.6 is 0 Å². The summed E-state index contributed by atoms with van der Waals surface area (Å²) in [5.74, 6) is 6.89. The largest absolute Gasteiger partial charge is 0.497 e. The molecule has 3 heterocycles. The number of fused-ring (bicyclic) bond motifs is 1. The van der Waals surface area contributed by atoms with Crippen LogP contribution in [0.15, 0.2) is 59.9 Å². The number of Topliss-reactive ketones (excluding diaryl/α,β-unsaturated/α-hetero) is 1. The summed E-state index contributed by atoms with van der Waals surface area (Å²) in [5.41, 5.74) is 8.58. The number of aryl methyl sites for hydroxylation is 1. The minimum atomic E-state index is -0.221. The average molecular weight is 757 g/mol. The fourth-order valence-corrected chi connectivity index (χ4v) is 7.92. The molecule has 55 heavy (non-hydrogen) atoms. The van der Waals surface area contributed by atoms with Gasteiger partial charge >= 0.3 is 0 Å². The van der Waals surface area contributed by atoms with Crippen LogP contribution in [0.3, 0.4) is 0 Å². The Labute approximate surface area is 326 Å². The maximum Gasteiger partial charge on any atom is 0.289 e. The van der Waals surface area contributed by atoms with E-state index in [9.17, 15) is 14.4 Å². The maximum atomic E-state index is 13.3. The second-order valence-corrected chi connectivity index (χ2v) is 14.6. The number of nitrogens with zero attached hydrogens (tertiary/aromatic N) is 4.